The minimum absolute atomic E-state index is 0.0249. The molecule has 0 saturated heterocycles. The van der Waals surface area contributed by atoms with Gasteiger partial charge in [0.05, 0.1) is 0 Å². The van der Waals surface area contributed by atoms with Crippen molar-refractivity contribution >= 4 is 17.4 Å². The second-order valence-electron chi connectivity index (χ2n) is 4.11. The van der Waals surface area contributed by atoms with E-state index in [1.165, 1.54) is 18.2 Å². The molecule has 0 aromatic heterocycles. The molecule has 0 radical (unpaired) electrons. The van der Waals surface area contributed by atoms with Crippen molar-refractivity contribution in [2.24, 2.45) is 0 Å². The number of hydrogen-bond acceptors (Lipinski definition) is 2. The van der Waals surface area contributed by atoms with Gasteiger partial charge in [-0.3, -0.25) is 4.79 Å². The van der Waals surface area contributed by atoms with Gasteiger partial charge < -0.3 is 4.74 Å². The first kappa shape index (κ1) is 15.1. The molecule has 100 valence electrons. The number of ketones is 1. The lowest BCUT2D eigenvalue weighted by Crippen LogP contribution is -2.26. The van der Waals surface area contributed by atoms with Crippen molar-refractivity contribution in [3.8, 4) is 0 Å². The Morgan fingerprint density at radius 1 is 1.44 bits per heavy atom. The third kappa shape index (κ3) is 4.39. The van der Waals surface area contributed by atoms with E-state index in [-0.39, 0.29) is 12.2 Å². The Kier molecular flexibility index (Phi) is 6.30. The smallest absolute Gasteiger partial charge is 0.166 e. The summed E-state index contributed by atoms with van der Waals surface area (Å²) in [6.07, 6.45) is 1.10. The third-order valence-electron chi connectivity index (χ3n) is 2.65. The molecule has 1 aromatic rings. The molecule has 1 aromatic carbocycles. The molecule has 0 aliphatic rings. The predicted octanol–water partition coefficient (Wildman–Crippen LogP) is 3.80. The number of ether oxygens (including phenoxy) is 1. The molecule has 1 atom stereocenters. The standard InChI is InChI=1S/C14H18ClFO2/c1-3-5-14(18-4-2)13(17)9-10-8-11(15)6-7-12(10)16/h6-8,14H,3-5,9H2,1-2H3. The van der Waals surface area contributed by atoms with E-state index < -0.39 is 11.9 Å². The molecule has 0 amide bonds. The summed E-state index contributed by atoms with van der Waals surface area (Å²) in [5, 5.41) is 0.433. The van der Waals surface area contributed by atoms with Gasteiger partial charge in [0.15, 0.2) is 5.78 Å². The summed E-state index contributed by atoms with van der Waals surface area (Å²) < 4.78 is 18.9. The number of carbonyl (C=O) groups is 1. The Labute approximate surface area is 112 Å². The van der Waals surface area contributed by atoms with Crippen molar-refractivity contribution in [1.29, 1.82) is 0 Å². The third-order valence-corrected chi connectivity index (χ3v) is 2.89. The summed E-state index contributed by atoms with van der Waals surface area (Å²) in [7, 11) is 0. The highest BCUT2D eigenvalue weighted by Crippen LogP contribution is 2.17. The highest BCUT2D eigenvalue weighted by molar-refractivity contribution is 6.30. The lowest BCUT2D eigenvalue weighted by Gasteiger charge is -2.15. The predicted molar refractivity (Wildman–Crippen MR) is 70.4 cm³/mol. The van der Waals surface area contributed by atoms with Gasteiger partial charge in [0.2, 0.25) is 0 Å². The second kappa shape index (κ2) is 7.49. The number of Topliss-reactive ketones (excluding diaryl/α,β-unsaturated/α-hetero) is 1. The molecule has 0 bridgehead atoms. The summed E-state index contributed by atoms with van der Waals surface area (Å²) in [4.78, 5) is 12.0. The molecular weight excluding hydrogens is 255 g/mol. The van der Waals surface area contributed by atoms with Gasteiger partial charge in [-0.25, -0.2) is 4.39 Å². The molecule has 0 aliphatic carbocycles. The monoisotopic (exact) mass is 272 g/mol. The Morgan fingerprint density at radius 3 is 2.78 bits per heavy atom. The van der Waals surface area contributed by atoms with Crippen LogP contribution in [0.5, 0.6) is 0 Å². The van der Waals surface area contributed by atoms with E-state index in [0.29, 0.717) is 23.6 Å². The van der Waals surface area contributed by atoms with Crippen molar-refractivity contribution in [3.05, 3.63) is 34.6 Å². The fraction of sp³-hybridized carbons (Fsp3) is 0.500. The topological polar surface area (TPSA) is 26.3 Å². The van der Waals surface area contributed by atoms with E-state index in [1.807, 2.05) is 13.8 Å². The largest absolute Gasteiger partial charge is 0.371 e. The van der Waals surface area contributed by atoms with Crippen LogP contribution in [0.3, 0.4) is 0 Å². The van der Waals surface area contributed by atoms with Gasteiger partial charge in [-0.1, -0.05) is 24.9 Å². The van der Waals surface area contributed by atoms with E-state index >= 15 is 0 Å². The summed E-state index contributed by atoms with van der Waals surface area (Å²) in [5.74, 6) is -0.501. The van der Waals surface area contributed by atoms with E-state index in [4.69, 9.17) is 16.3 Å². The maximum absolute atomic E-state index is 13.5. The van der Waals surface area contributed by atoms with Crippen LogP contribution < -0.4 is 0 Å². The lowest BCUT2D eigenvalue weighted by atomic mass is 10.0. The van der Waals surface area contributed by atoms with Gasteiger partial charge in [-0.15, -0.1) is 0 Å². The molecule has 1 unspecified atom stereocenters. The van der Waals surface area contributed by atoms with Gasteiger partial charge in [0.25, 0.3) is 0 Å². The van der Waals surface area contributed by atoms with Crippen LogP contribution in [0.2, 0.25) is 5.02 Å². The van der Waals surface area contributed by atoms with Crippen LogP contribution in [0.1, 0.15) is 32.3 Å². The summed E-state index contributed by atoms with van der Waals surface area (Å²) in [5.41, 5.74) is 0.327. The van der Waals surface area contributed by atoms with Gasteiger partial charge in [-0.05, 0) is 37.1 Å². The van der Waals surface area contributed by atoms with Gasteiger partial charge >= 0.3 is 0 Å². The number of benzene rings is 1. The minimum atomic E-state index is -0.446. The van der Waals surface area contributed by atoms with Crippen LogP contribution in [-0.2, 0) is 16.0 Å². The molecule has 4 heteroatoms. The van der Waals surface area contributed by atoms with Crippen molar-refractivity contribution < 1.29 is 13.9 Å². The number of hydrogen-bond donors (Lipinski definition) is 0. The summed E-state index contributed by atoms with van der Waals surface area (Å²) >= 11 is 5.79. The van der Waals surface area contributed by atoms with Crippen LogP contribution in [0.4, 0.5) is 4.39 Å². The quantitative estimate of drug-likeness (QED) is 0.755. The number of rotatable bonds is 7. The average molecular weight is 273 g/mol. The second-order valence-corrected chi connectivity index (χ2v) is 4.55. The highest BCUT2D eigenvalue weighted by Gasteiger charge is 2.19. The minimum Gasteiger partial charge on any atom is -0.371 e. The first-order valence-corrected chi connectivity index (χ1v) is 6.54. The molecule has 0 saturated carbocycles. The molecule has 0 spiro atoms. The Balaban J connectivity index is 2.75. The summed E-state index contributed by atoms with van der Waals surface area (Å²) in [6.45, 7) is 4.31. The molecule has 0 fully saturated rings. The maximum Gasteiger partial charge on any atom is 0.166 e. The zero-order chi connectivity index (χ0) is 13.5. The zero-order valence-electron chi connectivity index (χ0n) is 10.7. The molecular formula is C14H18ClFO2. The fourth-order valence-corrected chi connectivity index (χ4v) is 1.98. The number of halogens is 2. The van der Waals surface area contributed by atoms with Crippen molar-refractivity contribution in [3.63, 3.8) is 0 Å². The van der Waals surface area contributed by atoms with Gasteiger partial charge in [0, 0.05) is 18.1 Å². The first-order chi connectivity index (χ1) is 8.58. The Hall–Kier alpha value is -0.930. The Morgan fingerprint density at radius 2 is 2.17 bits per heavy atom. The summed E-state index contributed by atoms with van der Waals surface area (Å²) in [6, 6.07) is 4.24. The molecule has 18 heavy (non-hydrogen) atoms. The van der Waals surface area contributed by atoms with E-state index in [2.05, 4.69) is 0 Å². The van der Waals surface area contributed by atoms with Crippen LogP contribution in [0.15, 0.2) is 18.2 Å². The van der Waals surface area contributed by atoms with Crippen molar-refractivity contribution in [2.45, 2.75) is 39.2 Å². The zero-order valence-corrected chi connectivity index (χ0v) is 11.5. The van der Waals surface area contributed by atoms with Gasteiger partial charge in [-0.2, -0.15) is 0 Å². The molecule has 0 N–H and O–H groups in total. The van der Waals surface area contributed by atoms with Crippen molar-refractivity contribution in [1.82, 2.24) is 0 Å². The maximum atomic E-state index is 13.5. The normalized spacial score (nSPS) is 12.4. The van der Waals surface area contributed by atoms with Crippen molar-refractivity contribution in [2.75, 3.05) is 6.61 Å². The highest BCUT2D eigenvalue weighted by atomic mass is 35.5. The van der Waals surface area contributed by atoms with E-state index in [0.717, 1.165) is 6.42 Å². The average Bonchev–Trinajstić information content (AvgIpc) is 2.33. The SMILES string of the molecule is CCCC(OCC)C(=O)Cc1cc(Cl)ccc1F. The molecule has 1 rings (SSSR count). The van der Waals surface area contributed by atoms with Gasteiger partial charge in [0.1, 0.15) is 11.9 Å². The first-order valence-electron chi connectivity index (χ1n) is 6.16. The molecule has 2 nitrogen and oxygen atoms in total. The van der Waals surface area contributed by atoms with Crippen LogP contribution in [-0.4, -0.2) is 18.5 Å². The van der Waals surface area contributed by atoms with Crippen LogP contribution in [0.25, 0.3) is 0 Å². The lowest BCUT2D eigenvalue weighted by molar-refractivity contribution is -0.130. The Bertz CT molecular complexity index is 401. The van der Waals surface area contributed by atoms with Crippen LogP contribution >= 0.6 is 11.6 Å². The molecule has 0 aliphatic heterocycles. The van der Waals surface area contributed by atoms with E-state index in [9.17, 15) is 9.18 Å². The van der Waals surface area contributed by atoms with Crippen LogP contribution in [0, 0.1) is 5.82 Å². The fourth-order valence-electron chi connectivity index (χ4n) is 1.78. The molecule has 0 heterocycles. The van der Waals surface area contributed by atoms with E-state index in [1.54, 1.807) is 0 Å². The number of carbonyl (C=O) groups excluding carboxylic acids is 1.